The Balaban J connectivity index is 1.60. The number of aromatic nitrogens is 1. The molecular formula is C16H13BrN2OS2. The van der Waals surface area contributed by atoms with Crippen LogP contribution in [0.5, 0.6) is 0 Å². The highest BCUT2D eigenvalue weighted by molar-refractivity contribution is 9.10. The first kappa shape index (κ1) is 15.5. The molecule has 0 aliphatic heterocycles. The number of carbonyl (C=O) groups is 1. The number of rotatable bonds is 4. The van der Waals surface area contributed by atoms with Gasteiger partial charge in [0.05, 0.1) is 16.0 Å². The lowest BCUT2D eigenvalue weighted by Crippen LogP contribution is -2.13. The molecule has 6 heteroatoms. The average molecular weight is 393 g/mol. The lowest BCUT2D eigenvalue weighted by atomic mass is 10.2. The van der Waals surface area contributed by atoms with Crippen molar-refractivity contribution in [1.29, 1.82) is 0 Å². The topological polar surface area (TPSA) is 42.0 Å². The molecule has 2 aromatic carbocycles. The molecule has 112 valence electrons. The minimum absolute atomic E-state index is 0.0222. The summed E-state index contributed by atoms with van der Waals surface area (Å²) in [6.07, 6.45) is 0. The van der Waals surface area contributed by atoms with Crippen LogP contribution in [0.3, 0.4) is 0 Å². The zero-order chi connectivity index (χ0) is 15.5. The van der Waals surface area contributed by atoms with Crippen molar-refractivity contribution in [2.75, 3.05) is 11.1 Å². The highest BCUT2D eigenvalue weighted by Gasteiger charge is 2.08. The van der Waals surface area contributed by atoms with E-state index in [1.54, 1.807) is 11.3 Å². The maximum absolute atomic E-state index is 12.0. The predicted octanol–water partition coefficient (Wildman–Crippen LogP) is 5.10. The minimum Gasteiger partial charge on any atom is -0.325 e. The van der Waals surface area contributed by atoms with Crippen LogP contribution in [-0.2, 0) is 4.79 Å². The molecule has 0 saturated carbocycles. The Morgan fingerprint density at radius 1 is 1.32 bits per heavy atom. The second-order valence-corrected chi connectivity index (χ2v) is 7.86. The molecule has 0 aliphatic rings. The first-order valence-corrected chi connectivity index (χ1v) is 9.26. The molecule has 1 aromatic heterocycles. The van der Waals surface area contributed by atoms with Crippen molar-refractivity contribution in [3.63, 3.8) is 0 Å². The van der Waals surface area contributed by atoms with Gasteiger partial charge in [0, 0.05) is 10.2 Å². The van der Waals surface area contributed by atoms with Gasteiger partial charge in [0.25, 0.3) is 0 Å². The summed E-state index contributed by atoms with van der Waals surface area (Å²) in [6, 6.07) is 13.8. The van der Waals surface area contributed by atoms with Crippen molar-refractivity contribution in [2.24, 2.45) is 0 Å². The number of thiazole rings is 1. The van der Waals surface area contributed by atoms with Crippen molar-refractivity contribution in [1.82, 2.24) is 4.98 Å². The second-order valence-electron chi connectivity index (χ2n) is 4.75. The molecule has 1 N–H and O–H groups in total. The number of carbonyl (C=O) groups excluding carboxylic acids is 1. The molecule has 0 atom stereocenters. The van der Waals surface area contributed by atoms with Gasteiger partial charge in [-0.3, -0.25) is 4.79 Å². The molecule has 1 heterocycles. The SMILES string of the molecule is Cc1cc(NC(=O)CSc2nc3ccccc3s2)ccc1Br. The third-order valence-corrected chi connectivity index (χ3v) is 6.11. The van der Waals surface area contributed by atoms with E-state index in [2.05, 4.69) is 26.2 Å². The van der Waals surface area contributed by atoms with Crippen LogP contribution in [0, 0.1) is 6.92 Å². The van der Waals surface area contributed by atoms with Gasteiger partial charge in [0.2, 0.25) is 5.91 Å². The molecule has 0 unspecified atom stereocenters. The fourth-order valence-corrected chi connectivity index (χ4v) is 4.07. The number of hydrogen-bond acceptors (Lipinski definition) is 4. The molecule has 1 amide bonds. The number of nitrogens with one attached hydrogen (secondary N) is 1. The molecular weight excluding hydrogens is 380 g/mol. The van der Waals surface area contributed by atoms with Crippen LogP contribution < -0.4 is 5.32 Å². The first-order valence-electron chi connectivity index (χ1n) is 6.66. The summed E-state index contributed by atoms with van der Waals surface area (Å²) in [5.74, 6) is 0.334. The summed E-state index contributed by atoms with van der Waals surface area (Å²) in [5, 5.41) is 2.91. The smallest absolute Gasteiger partial charge is 0.234 e. The van der Waals surface area contributed by atoms with Crippen molar-refractivity contribution < 1.29 is 4.79 Å². The second kappa shape index (κ2) is 6.81. The maximum atomic E-state index is 12.0. The molecule has 3 rings (SSSR count). The van der Waals surface area contributed by atoms with Gasteiger partial charge in [-0.25, -0.2) is 4.98 Å². The number of hydrogen-bond donors (Lipinski definition) is 1. The van der Waals surface area contributed by atoms with Gasteiger partial charge >= 0.3 is 0 Å². The van der Waals surface area contributed by atoms with Crippen LogP contribution in [0.4, 0.5) is 5.69 Å². The van der Waals surface area contributed by atoms with E-state index in [0.29, 0.717) is 5.75 Å². The highest BCUT2D eigenvalue weighted by Crippen LogP contribution is 2.29. The van der Waals surface area contributed by atoms with Crippen molar-refractivity contribution in [3.8, 4) is 0 Å². The largest absolute Gasteiger partial charge is 0.325 e. The zero-order valence-corrected chi connectivity index (χ0v) is 15.0. The van der Waals surface area contributed by atoms with E-state index in [0.717, 1.165) is 30.3 Å². The standard InChI is InChI=1S/C16H13BrN2OS2/c1-10-8-11(6-7-12(10)17)18-15(20)9-21-16-19-13-4-2-3-5-14(13)22-16/h2-8H,9H2,1H3,(H,18,20). The van der Waals surface area contributed by atoms with E-state index < -0.39 is 0 Å². The number of nitrogens with zero attached hydrogens (tertiary/aromatic N) is 1. The van der Waals surface area contributed by atoms with Crippen LogP contribution in [0.15, 0.2) is 51.3 Å². The molecule has 22 heavy (non-hydrogen) atoms. The number of anilines is 1. The molecule has 0 spiro atoms. The van der Waals surface area contributed by atoms with Crippen molar-refractivity contribution in [3.05, 3.63) is 52.5 Å². The number of halogens is 1. The fraction of sp³-hybridized carbons (Fsp3) is 0.125. The molecule has 3 aromatic rings. The van der Waals surface area contributed by atoms with Crippen LogP contribution in [0.2, 0.25) is 0 Å². The summed E-state index contributed by atoms with van der Waals surface area (Å²) < 4.78 is 3.10. The summed E-state index contributed by atoms with van der Waals surface area (Å²) in [4.78, 5) is 16.5. The van der Waals surface area contributed by atoms with Crippen molar-refractivity contribution >= 4 is 60.8 Å². The van der Waals surface area contributed by atoms with E-state index in [4.69, 9.17) is 0 Å². The average Bonchev–Trinajstić information content (AvgIpc) is 2.92. The quantitative estimate of drug-likeness (QED) is 0.628. The van der Waals surface area contributed by atoms with Crippen LogP contribution >= 0.6 is 39.0 Å². The van der Waals surface area contributed by atoms with E-state index in [-0.39, 0.29) is 5.91 Å². The Bertz CT molecular complexity index is 799. The lowest BCUT2D eigenvalue weighted by Gasteiger charge is -2.06. The Hall–Kier alpha value is -1.37. The van der Waals surface area contributed by atoms with E-state index >= 15 is 0 Å². The summed E-state index contributed by atoms with van der Waals surface area (Å²) in [6.45, 7) is 2.00. The van der Waals surface area contributed by atoms with Gasteiger partial charge in [0.15, 0.2) is 4.34 Å². The number of aryl methyl sites for hydroxylation is 1. The third kappa shape index (κ3) is 3.69. The summed E-state index contributed by atoms with van der Waals surface area (Å²) in [7, 11) is 0. The number of para-hydroxylation sites is 1. The molecule has 0 aliphatic carbocycles. The van der Waals surface area contributed by atoms with Crippen LogP contribution in [0.1, 0.15) is 5.56 Å². The lowest BCUT2D eigenvalue weighted by molar-refractivity contribution is -0.113. The van der Waals surface area contributed by atoms with Gasteiger partial charge in [0.1, 0.15) is 0 Å². The van der Waals surface area contributed by atoms with E-state index in [1.807, 2.05) is 49.4 Å². The highest BCUT2D eigenvalue weighted by atomic mass is 79.9. The molecule has 0 radical (unpaired) electrons. The first-order chi connectivity index (χ1) is 10.6. The number of fused-ring (bicyclic) bond motifs is 1. The third-order valence-electron chi connectivity index (χ3n) is 3.04. The molecule has 0 saturated heterocycles. The van der Waals surface area contributed by atoms with E-state index in [9.17, 15) is 4.79 Å². The van der Waals surface area contributed by atoms with Crippen LogP contribution in [0.25, 0.3) is 10.2 Å². The van der Waals surface area contributed by atoms with Gasteiger partial charge < -0.3 is 5.32 Å². The Labute approximate surface area is 145 Å². The monoisotopic (exact) mass is 392 g/mol. The molecule has 0 bridgehead atoms. The van der Waals surface area contributed by atoms with Gasteiger partial charge in [-0.2, -0.15) is 0 Å². The Kier molecular flexibility index (Phi) is 4.81. The molecule has 0 fully saturated rings. The maximum Gasteiger partial charge on any atom is 0.234 e. The normalized spacial score (nSPS) is 10.8. The summed E-state index contributed by atoms with van der Waals surface area (Å²) in [5.41, 5.74) is 2.89. The van der Waals surface area contributed by atoms with Crippen LogP contribution in [-0.4, -0.2) is 16.6 Å². The predicted molar refractivity (Wildman–Crippen MR) is 97.9 cm³/mol. The summed E-state index contributed by atoms with van der Waals surface area (Å²) >= 11 is 6.53. The number of amides is 1. The molecule has 3 nitrogen and oxygen atoms in total. The van der Waals surface area contributed by atoms with Crippen molar-refractivity contribution in [2.45, 2.75) is 11.3 Å². The van der Waals surface area contributed by atoms with Gasteiger partial charge in [-0.05, 0) is 42.8 Å². The number of benzene rings is 2. The van der Waals surface area contributed by atoms with Gasteiger partial charge in [-0.15, -0.1) is 11.3 Å². The van der Waals surface area contributed by atoms with E-state index in [1.165, 1.54) is 11.8 Å². The number of thioether (sulfide) groups is 1. The van der Waals surface area contributed by atoms with Gasteiger partial charge in [-0.1, -0.05) is 39.8 Å². The minimum atomic E-state index is -0.0222. The fourth-order valence-electron chi connectivity index (χ4n) is 1.96. The zero-order valence-electron chi connectivity index (χ0n) is 11.8. The Morgan fingerprint density at radius 2 is 2.14 bits per heavy atom. The Morgan fingerprint density at radius 3 is 2.91 bits per heavy atom.